The van der Waals surface area contributed by atoms with Gasteiger partial charge in [-0.2, -0.15) is 5.26 Å². The number of hydrogen-bond donors (Lipinski definition) is 1. The Balaban J connectivity index is 2.12. The Kier molecular flexibility index (Phi) is 5.78. The highest BCUT2D eigenvalue weighted by atomic mass is 32.1. The van der Waals surface area contributed by atoms with Gasteiger partial charge in [0.05, 0.1) is 17.2 Å². The zero-order chi connectivity index (χ0) is 19.4. The first-order valence-electron chi connectivity index (χ1n) is 9.11. The number of aryl methyl sites for hydroxylation is 1. The van der Waals surface area contributed by atoms with Gasteiger partial charge in [0.15, 0.2) is 0 Å². The molecule has 0 atom stereocenters. The van der Waals surface area contributed by atoms with E-state index in [1.165, 1.54) is 4.88 Å². The lowest BCUT2D eigenvalue weighted by Gasteiger charge is -2.12. The first-order chi connectivity index (χ1) is 13.1. The lowest BCUT2D eigenvalue weighted by molar-refractivity contribution is 0.1000. The van der Waals surface area contributed by atoms with E-state index in [-0.39, 0.29) is 0 Å². The molecule has 2 N–H and O–H groups in total. The quantitative estimate of drug-likeness (QED) is 0.649. The highest BCUT2D eigenvalue weighted by Crippen LogP contribution is 2.34. The molecule has 4 nitrogen and oxygen atoms in total. The number of carbonyl (C=O) groups excluding carboxylic acids is 1. The number of rotatable bonds is 7. The summed E-state index contributed by atoms with van der Waals surface area (Å²) < 4.78 is 2.25. The predicted octanol–water partition coefficient (Wildman–Crippen LogP) is 4.69. The van der Waals surface area contributed by atoms with E-state index >= 15 is 0 Å². The Morgan fingerprint density at radius 1 is 1.22 bits per heavy atom. The van der Waals surface area contributed by atoms with E-state index in [1.807, 2.05) is 19.1 Å². The van der Waals surface area contributed by atoms with Crippen molar-refractivity contribution in [2.24, 2.45) is 5.73 Å². The zero-order valence-corrected chi connectivity index (χ0v) is 16.5. The van der Waals surface area contributed by atoms with Crippen LogP contribution in [-0.2, 0) is 19.4 Å². The lowest BCUT2D eigenvalue weighted by atomic mass is 9.97. The summed E-state index contributed by atoms with van der Waals surface area (Å²) in [5, 5.41) is 11.1. The van der Waals surface area contributed by atoms with Crippen LogP contribution in [0.25, 0.3) is 11.1 Å². The summed E-state index contributed by atoms with van der Waals surface area (Å²) in [5.41, 5.74) is 10.9. The maximum atomic E-state index is 12.3. The molecule has 2 aromatic heterocycles. The van der Waals surface area contributed by atoms with Crippen molar-refractivity contribution in [1.82, 2.24) is 4.57 Å². The topological polar surface area (TPSA) is 71.8 Å². The van der Waals surface area contributed by atoms with Crippen molar-refractivity contribution in [2.45, 2.75) is 39.7 Å². The van der Waals surface area contributed by atoms with Crippen LogP contribution in [0.1, 0.15) is 45.5 Å². The van der Waals surface area contributed by atoms with Crippen molar-refractivity contribution in [3.63, 3.8) is 0 Å². The lowest BCUT2D eigenvalue weighted by Crippen LogP contribution is -2.13. The average Bonchev–Trinajstić information content (AvgIpc) is 3.27. The number of nitriles is 1. The summed E-state index contributed by atoms with van der Waals surface area (Å²) >= 11 is 1.75. The molecule has 1 amide bonds. The fourth-order valence-electron chi connectivity index (χ4n) is 3.60. The molecule has 0 saturated heterocycles. The van der Waals surface area contributed by atoms with Gasteiger partial charge in [-0.1, -0.05) is 31.5 Å². The molecule has 0 aliphatic carbocycles. The summed E-state index contributed by atoms with van der Waals surface area (Å²) in [4.78, 5) is 13.6. The van der Waals surface area contributed by atoms with Gasteiger partial charge in [0, 0.05) is 28.4 Å². The van der Waals surface area contributed by atoms with Crippen LogP contribution in [0.5, 0.6) is 0 Å². The van der Waals surface area contributed by atoms with Gasteiger partial charge < -0.3 is 10.3 Å². The van der Waals surface area contributed by atoms with Crippen LogP contribution < -0.4 is 5.73 Å². The second-order valence-corrected chi connectivity index (χ2v) is 7.60. The smallest absolute Gasteiger partial charge is 0.251 e. The molecule has 5 heteroatoms. The Labute approximate surface area is 163 Å². The van der Waals surface area contributed by atoms with Crippen molar-refractivity contribution in [1.29, 1.82) is 5.26 Å². The molecular formula is C22H23N3OS. The van der Waals surface area contributed by atoms with Crippen LogP contribution in [0.3, 0.4) is 0 Å². The van der Waals surface area contributed by atoms with Crippen molar-refractivity contribution >= 4 is 17.2 Å². The SMILES string of the molecule is CCCc1c(-c2ccc(C#N)cc2)c(C(N)=O)c(C)n1CCc1cccs1. The number of nitrogens with zero attached hydrogens (tertiary/aromatic N) is 2. The zero-order valence-electron chi connectivity index (χ0n) is 15.7. The number of carbonyl (C=O) groups is 1. The average molecular weight is 378 g/mol. The van der Waals surface area contributed by atoms with Gasteiger partial charge in [-0.05, 0) is 48.9 Å². The molecule has 27 heavy (non-hydrogen) atoms. The molecule has 138 valence electrons. The van der Waals surface area contributed by atoms with Gasteiger partial charge >= 0.3 is 0 Å². The number of primary amides is 1. The van der Waals surface area contributed by atoms with Crippen LogP contribution in [0, 0.1) is 18.3 Å². The molecule has 0 fully saturated rings. The first-order valence-corrected chi connectivity index (χ1v) is 9.99. The summed E-state index contributed by atoms with van der Waals surface area (Å²) in [6.45, 7) is 4.93. The number of thiophene rings is 1. The number of hydrogen-bond acceptors (Lipinski definition) is 3. The molecule has 3 aromatic rings. The highest BCUT2D eigenvalue weighted by molar-refractivity contribution is 7.09. The van der Waals surface area contributed by atoms with Gasteiger partial charge in [-0.25, -0.2) is 0 Å². The van der Waals surface area contributed by atoms with Gasteiger partial charge in [0.25, 0.3) is 5.91 Å². The third-order valence-electron chi connectivity index (χ3n) is 4.83. The Morgan fingerprint density at radius 2 is 1.96 bits per heavy atom. The Morgan fingerprint density at radius 3 is 2.52 bits per heavy atom. The molecule has 0 radical (unpaired) electrons. The fourth-order valence-corrected chi connectivity index (χ4v) is 4.30. The maximum absolute atomic E-state index is 12.3. The van der Waals surface area contributed by atoms with Gasteiger partial charge in [-0.15, -0.1) is 11.3 Å². The molecule has 0 saturated carbocycles. The normalized spacial score (nSPS) is 10.7. The van der Waals surface area contributed by atoms with Crippen molar-refractivity contribution in [3.05, 3.63) is 69.2 Å². The number of amides is 1. The molecule has 0 aliphatic rings. The Hall–Kier alpha value is -2.84. The van der Waals surface area contributed by atoms with Crippen LogP contribution >= 0.6 is 11.3 Å². The number of nitrogens with two attached hydrogens (primary N) is 1. The molecule has 1 aromatic carbocycles. The monoisotopic (exact) mass is 377 g/mol. The minimum absolute atomic E-state index is 0.404. The molecule has 0 aliphatic heterocycles. The minimum Gasteiger partial charge on any atom is -0.366 e. The summed E-state index contributed by atoms with van der Waals surface area (Å²) in [6.07, 6.45) is 2.77. The fraction of sp³-hybridized carbons (Fsp3) is 0.273. The van der Waals surface area contributed by atoms with Crippen molar-refractivity contribution in [3.8, 4) is 17.2 Å². The number of aromatic nitrogens is 1. The molecule has 2 heterocycles. The van der Waals surface area contributed by atoms with E-state index in [2.05, 4.69) is 35.1 Å². The minimum atomic E-state index is -0.404. The van der Waals surface area contributed by atoms with Gasteiger partial charge in [-0.3, -0.25) is 4.79 Å². The molecule has 0 unspecified atom stereocenters. The van der Waals surface area contributed by atoms with E-state index < -0.39 is 5.91 Å². The van der Waals surface area contributed by atoms with Gasteiger partial charge in [0.1, 0.15) is 0 Å². The summed E-state index contributed by atoms with van der Waals surface area (Å²) in [7, 11) is 0. The van der Waals surface area contributed by atoms with Crippen molar-refractivity contribution < 1.29 is 4.79 Å². The molecular weight excluding hydrogens is 354 g/mol. The second kappa shape index (κ2) is 8.24. The highest BCUT2D eigenvalue weighted by Gasteiger charge is 2.24. The molecule has 3 rings (SSSR count). The van der Waals surface area contributed by atoms with Crippen LogP contribution in [0.4, 0.5) is 0 Å². The molecule has 0 bridgehead atoms. The predicted molar refractivity (Wildman–Crippen MR) is 110 cm³/mol. The van der Waals surface area contributed by atoms with Crippen LogP contribution in [-0.4, -0.2) is 10.5 Å². The number of benzene rings is 1. The standard InChI is InChI=1S/C22H23N3OS/c1-3-5-19-21(17-9-7-16(14-23)8-10-17)20(22(24)26)15(2)25(19)12-11-18-6-4-13-27-18/h4,6-10,13H,3,5,11-12H2,1-2H3,(H2,24,26). The summed E-state index contributed by atoms with van der Waals surface area (Å²) in [5.74, 6) is -0.404. The van der Waals surface area contributed by atoms with E-state index in [4.69, 9.17) is 11.0 Å². The maximum Gasteiger partial charge on any atom is 0.251 e. The van der Waals surface area contributed by atoms with Gasteiger partial charge in [0.2, 0.25) is 0 Å². The third kappa shape index (κ3) is 3.81. The third-order valence-corrected chi connectivity index (χ3v) is 5.77. The van der Waals surface area contributed by atoms with E-state index in [0.717, 1.165) is 48.3 Å². The van der Waals surface area contributed by atoms with Crippen molar-refractivity contribution in [2.75, 3.05) is 0 Å². The Bertz CT molecular complexity index is 976. The van der Waals surface area contributed by atoms with E-state index in [9.17, 15) is 4.79 Å². The van der Waals surface area contributed by atoms with Crippen LogP contribution in [0.15, 0.2) is 41.8 Å². The molecule has 0 spiro atoms. The van der Waals surface area contributed by atoms with E-state index in [1.54, 1.807) is 23.5 Å². The largest absolute Gasteiger partial charge is 0.366 e. The summed E-state index contributed by atoms with van der Waals surface area (Å²) in [6, 6.07) is 13.7. The van der Waals surface area contributed by atoms with Crippen LogP contribution in [0.2, 0.25) is 0 Å². The van der Waals surface area contributed by atoms with E-state index in [0.29, 0.717) is 11.1 Å². The second-order valence-electron chi connectivity index (χ2n) is 6.57. The first kappa shape index (κ1) is 18.9.